The van der Waals surface area contributed by atoms with Crippen LogP contribution in [-0.2, 0) is 27.3 Å². The van der Waals surface area contributed by atoms with Gasteiger partial charge in [0.2, 0.25) is 17.7 Å². The minimum Gasteiger partial charge on any atom is -0.344 e. The lowest BCUT2D eigenvalue weighted by Gasteiger charge is -2.28. The van der Waals surface area contributed by atoms with Gasteiger partial charge in [-0.05, 0) is 24.8 Å². The van der Waals surface area contributed by atoms with Crippen LogP contribution >= 0.6 is 0 Å². The quantitative estimate of drug-likeness (QED) is 0.696. The van der Waals surface area contributed by atoms with Crippen molar-refractivity contribution in [3.63, 3.8) is 0 Å². The van der Waals surface area contributed by atoms with Crippen molar-refractivity contribution in [1.82, 2.24) is 30.3 Å². The van der Waals surface area contributed by atoms with Crippen LogP contribution in [-0.4, -0.2) is 56.5 Å². The summed E-state index contributed by atoms with van der Waals surface area (Å²) in [6.07, 6.45) is 1.14. The highest BCUT2D eigenvalue weighted by Gasteiger charge is 2.30. The maximum Gasteiger partial charge on any atom is 0.243 e. The summed E-state index contributed by atoms with van der Waals surface area (Å²) < 4.78 is 1.80. The van der Waals surface area contributed by atoms with E-state index in [0.717, 1.165) is 5.56 Å². The van der Waals surface area contributed by atoms with Crippen LogP contribution in [0.4, 0.5) is 0 Å². The molecule has 0 fully saturated rings. The molecule has 1 aliphatic rings. The summed E-state index contributed by atoms with van der Waals surface area (Å²) in [7, 11) is 0. The largest absolute Gasteiger partial charge is 0.344 e. The van der Waals surface area contributed by atoms with E-state index in [2.05, 4.69) is 20.7 Å². The molecule has 0 unspecified atom stereocenters. The van der Waals surface area contributed by atoms with Gasteiger partial charge in [0.05, 0.1) is 12.6 Å². The third-order valence-electron chi connectivity index (χ3n) is 6.20. The van der Waals surface area contributed by atoms with Crippen LogP contribution in [0.3, 0.4) is 0 Å². The molecule has 0 saturated carbocycles. The Morgan fingerprint density at radius 1 is 1.06 bits per heavy atom. The Bertz CT molecular complexity index is 1020. The van der Waals surface area contributed by atoms with E-state index in [-0.39, 0.29) is 36.0 Å². The number of carbonyl (C=O) groups excluding carboxylic acids is 3. The summed E-state index contributed by atoms with van der Waals surface area (Å²) >= 11 is 0. The predicted molar refractivity (Wildman–Crippen MR) is 133 cm³/mol. The van der Waals surface area contributed by atoms with Gasteiger partial charge in [-0.1, -0.05) is 58.0 Å². The van der Waals surface area contributed by atoms with Crippen molar-refractivity contribution in [2.45, 2.75) is 72.5 Å². The van der Waals surface area contributed by atoms with Crippen LogP contribution in [0, 0.1) is 18.8 Å². The first kappa shape index (κ1) is 26.4. The highest BCUT2D eigenvalue weighted by atomic mass is 16.2. The number of nitrogens with zero attached hydrogens (tertiary/aromatic N) is 4. The molecule has 1 aliphatic heterocycles. The van der Waals surface area contributed by atoms with E-state index in [1.807, 2.05) is 65.0 Å². The van der Waals surface area contributed by atoms with Gasteiger partial charge in [0, 0.05) is 31.8 Å². The number of aryl methyl sites for hydroxylation is 1. The standard InChI is InChI=1S/C26H38N6O3/c1-17(2)23-24-27-19(5)30-32(24)15-14-31(26(35)18(3)4)13-9-12-22(33)28-21(25(34)29-23)16-20-10-7-6-8-11-20/h6-8,10-11,17-18,21,23H,9,12-16H2,1-5H3,(H,28,33)(H,29,34)/t21-,23+/m0/s1. The first-order valence-electron chi connectivity index (χ1n) is 12.5. The highest BCUT2D eigenvalue weighted by molar-refractivity contribution is 5.88. The van der Waals surface area contributed by atoms with E-state index in [1.54, 1.807) is 9.58 Å². The lowest BCUT2D eigenvalue weighted by atomic mass is 10.0. The van der Waals surface area contributed by atoms with Crippen molar-refractivity contribution < 1.29 is 14.4 Å². The fourth-order valence-corrected chi connectivity index (χ4v) is 4.32. The van der Waals surface area contributed by atoms with Crippen LogP contribution < -0.4 is 10.6 Å². The molecule has 9 heteroatoms. The van der Waals surface area contributed by atoms with Crippen molar-refractivity contribution >= 4 is 17.7 Å². The number of nitrogens with one attached hydrogen (secondary N) is 2. The molecule has 0 spiro atoms. The number of benzene rings is 1. The summed E-state index contributed by atoms with van der Waals surface area (Å²) in [6, 6.07) is 8.53. The van der Waals surface area contributed by atoms with Crippen LogP contribution in [0.15, 0.2) is 30.3 Å². The normalized spacial score (nSPS) is 20.3. The lowest BCUT2D eigenvalue weighted by Crippen LogP contribution is -2.50. The summed E-state index contributed by atoms with van der Waals surface area (Å²) in [5.41, 5.74) is 0.961. The zero-order valence-corrected chi connectivity index (χ0v) is 21.5. The summed E-state index contributed by atoms with van der Waals surface area (Å²) in [5, 5.41) is 10.6. The molecule has 0 bridgehead atoms. The number of amides is 3. The topological polar surface area (TPSA) is 109 Å². The van der Waals surface area contributed by atoms with Crippen molar-refractivity contribution in [2.24, 2.45) is 11.8 Å². The molecule has 9 nitrogen and oxygen atoms in total. The second-order valence-electron chi connectivity index (χ2n) is 9.86. The Morgan fingerprint density at radius 2 is 1.77 bits per heavy atom. The molecule has 3 rings (SSSR count). The molecule has 0 aliphatic carbocycles. The third kappa shape index (κ3) is 7.13. The van der Waals surface area contributed by atoms with Gasteiger partial charge in [0.25, 0.3) is 0 Å². The second kappa shape index (κ2) is 12.0. The Balaban J connectivity index is 1.95. The van der Waals surface area contributed by atoms with E-state index in [9.17, 15) is 14.4 Å². The monoisotopic (exact) mass is 482 g/mol. The molecule has 1 aromatic heterocycles. The van der Waals surface area contributed by atoms with Crippen molar-refractivity contribution in [3.05, 3.63) is 47.5 Å². The van der Waals surface area contributed by atoms with Gasteiger partial charge in [0.15, 0.2) is 0 Å². The number of hydrogen-bond donors (Lipinski definition) is 2. The highest BCUT2D eigenvalue weighted by Crippen LogP contribution is 2.21. The van der Waals surface area contributed by atoms with Gasteiger partial charge < -0.3 is 15.5 Å². The number of fused-ring (bicyclic) bond motifs is 1. The third-order valence-corrected chi connectivity index (χ3v) is 6.20. The molecule has 1 aromatic carbocycles. The Morgan fingerprint density at radius 3 is 2.43 bits per heavy atom. The molecular weight excluding hydrogens is 444 g/mol. The molecule has 2 N–H and O–H groups in total. The maximum absolute atomic E-state index is 13.4. The van der Waals surface area contributed by atoms with Gasteiger partial charge in [0.1, 0.15) is 17.7 Å². The van der Waals surface area contributed by atoms with E-state index in [1.165, 1.54) is 0 Å². The van der Waals surface area contributed by atoms with Crippen LogP contribution in [0.2, 0.25) is 0 Å². The zero-order valence-electron chi connectivity index (χ0n) is 21.5. The first-order valence-corrected chi connectivity index (χ1v) is 12.5. The summed E-state index contributed by atoms with van der Waals surface area (Å²) in [4.78, 5) is 45.5. The minimum atomic E-state index is -0.722. The smallest absolute Gasteiger partial charge is 0.243 e. The maximum atomic E-state index is 13.4. The number of aromatic nitrogens is 3. The molecule has 2 atom stereocenters. The van der Waals surface area contributed by atoms with E-state index in [0.29, 0.717) is 44.1 Å². The number of carbonyl (C=O) groups is 3. The molecule has 0 saturated heterocycles. The van der Waals surface area contributed by atoms with Crippen LogP contribution in [0.5, 0.6) is 0 Å². The Hall–Kier alpha value is -3.23. The molecule has 0 radical (unpaired) electrons. The second-order valence-corrected chi connectivity index (χ2v) is 9.86. The van der Waals surface area contributed by atoms with Crippen molar-refractivity contribution in [3.8, 4) is 0 Å². The van der Waals surface area contributed by atoms with Crippen molar-refractivity contribution in [1.29, 1.82) is 0 Å². The predicted octanol–water partition coefficient (Wildman–Crippen LogP) is 2.41. The van der Waals surface area contributed by atoms with E-state index < -0.39 is 12.1 Å². The molecule has 3 amide bonds. The SMILES string of the molecule is Cc1nc2n(n1)CCN(C(=O)C(C)C)CCCC(=O)N[C@@H](Cc1ccccc1)C(=O)N[C@@H]2C(C)C. The molecular formula is C26H38N6O3. The van der Waals surface area contributed by atoms with Gasteiger partial charge in [-0.25, -0.2) is 9.67 Å². The Kier molecular flexibility index (Phi) is 9.01. The van der Waals surface area contributed by atoms with Gasteiger partial charge in [-0.15, -0.1) is 0 Å². The van der Waals surface area contributed by atoms with E-state index >= 15 is 0 Å². The number of hydrogen-bond acceptors (Lipinski definition) is 5. The molecule has 2 aromatic rings. The molecule has 190 valence electrons. The average molecular weight is 483 g/mol. The summed E-state index contributed by atoms with van der Waals surface area (Å²) in [6.45, 7) is 11.0. The number of rotatable bonds is 4. The minimum absolute atomic E-state index is 0.0377. The van der Waals surface area contributed by atoms with Crippen molar-refractivity contribution in [2.75, 3.05) is 13.1 Å². The van der Waals surface area contributed by atoms with Gasteiger partial charge in [-0.3, -0.25) is 14.4 Å². The Labute approximate surface area is 207 Å². The zero-order chi connectivity index (χ0) is 25.5. The summed E-state index contributed by atoms with van der Waals surface area (Å²) in [5.74, 6) is 0.765. The van der Waals surface area contributed by atoms with Gasteiger partial charge >= 0.3 is 0 Å². The van der Waals surface area contributed by atoms with Crippen LogP contribution in [0.1, 0.15) is 63.8 Å². The lowest BCUT2D eigenvalue weighted by molar-refractivity contribution is -0.135. The van der Waals surface area contributed by atoms with Gasteiger partial charge in [-0.2, -0.15) is 5.10 Å². The van der Waals surface area contributed by atoms with E-state index in [4.69, 9.17) is 0 Å². The molecule has 35 heavy (non-hydrogen) atoms. The van der Waals surface area contributed by atoms with Crippen LogP contribution in [0.25, 0.3) is 0 Å². The fraction of sp³-hybridized carbons (Fsp3) is 0.577. The molecule has 2 heterocycles. The first-order chi connectivity index (χ1) is 16.7. The fourth-order valence-electron chi connectivity index (χ4n) is 4.32. The average Bonchev–Trinajstić information content (AvgIpc) is 3.18.